The lowest BCUT2D eigenvalue weighted by molar-refractivity contribution is 0.628. The summed E-state index contributed by atoms with van der Waals surface area (Å²) in [6.45, 7) is 2.02. The third-order valence-electron chi connectivity index (χ3n) is 3.19. The molecule has 23 heavy (non-hydrogen) atoms. The Morgan fingerprint density at radius 3 is 2.43 bits per heavy atom. The summed E-state index contributed by atoms with van der Waals surface area (Å²) >= 11 is 3.47. The van der Waals surface area contributed by atoms with Crippen molar-refractivity contribution < 1.29 is 4.39 Å². The Balaban J connectivity index is 1.76. The molecular weight excluding hydrogens is 359 g/mol. The Bertz CT molecular complexity index is 821. The van der Waals surface area contributed by atoms with Gasteiger partial charge in [0, 0.05) is 22.0 Å². The van der Waals surface area contributed by atoms with Crippen LogP contribution in [-0.4, -0.2) is 9.97 Å². The molecule has 116 valence electrons. The zero-order chi connectivity index (χ0) is 16.2. The van der Waals surface area contributed by atoms with Crippen LogP contribution in [0.25, 0.3) is 0 Å². The van der Waals surface area contributed by atoms with Crippen LogP contribution in [0, 0.1) is 12.7 Å². The molecule has 0 radical (unpaired) electrons. The summed E-state index contributed by atoms with van der Waals surface area (Å²) in [6, 6.07) is 13.8. The van der Waals surface area contributed by atoms with E-state index in [2.05, 4.69) is 36.5 Å². The van der Waals surface area contributed by atoms with E-state index < -0.39 is 0 Å². The first-order chi connectivity index (χ1) is 11.1. The van der Waals surface area contributed by atoms with E-state index in [4.69, 9.17) is 0 Å². The predicted molar refractivity (Wildman–Crippen MR) is 93.9 cm³/mol. The van der Waals surface area contributed by atoms with Gasteiger partial charge in [0.2, 0.25) is 5.95 Å². The highest BCUT2D eigenvalue weighted by Gasteiger charge is 2.03. The molecule has 0 aliphatic heterocycles. The van der Waals surface area contributed by atoms with E-state index in [9.17, 15) is 4.39 Å². The molecule has 4 nitrogen and oxygen atoms in total. The van der Waals surface area contributed by atoms with Crippen LogP contribution in [-0.2, 0) is 0 Å². The first kappa shape index (κ1) is 15.4. The van der Waals surface area contributed by atoms with E-state index in [1.54, 1.807) is 24.4 Å². The van der Waals surface area contributed by atoms with E-state index in [1.165, 1.54) is 12.1 Å². The summed E-state index contributed by atoms with van der Waals surface area (Å²) in [5.74, 6) is 0.841. The SMILES string of the molecule is Cc1cc(Nc2nccc(Nc3ccc(F)cc3)n2)ccc1Br. The summed E-state index contributed by atoms with van der Waals surface area (Å²) in [7, 11) is 0. The summed E-state index contributed by atoms with van der Waals surface area (Å²) in [5, 5.41) is 6.28. The van der Waals surface area contributed by atoms with Crippen LogP contribution >= 0.6 is 15.9 Å². The zero-order valence-electron chi connectivity index (χ0n) is 12.3. The lowest BCUT2D eigenvalue weighted by atomic mass is 10.2. The topological polar surface area (TPSA) is 49.8 Å². The largest absolute Gasteiger partial charge is 0.340 e. The van der Waals surface area contributed by atoms with Crippen molar-refractivity contribution in [2.45, 2.75) is 6.92 Å². The molecule has 0 unspecified atom stereocenters. The first-order valence-electron chi connectivity index (χ1n) is 6.99. The van der Waals surface area contributed by atoms with E-state index in [1.807, 2.05) is 25.1 Å². The highest BCUT2D eigenvalue weighted by atomic mass is 79.9. The average molecular weight is 373 g/mol. The van der Waals surface area contributed by atoms with Gasteiger partial charge in [-0.15, -0.1) is 0 Å². The van der Waals surface area contributed by atoms with Crippen molar-refractivity contribution >= 4 is 39.1 Å². The lowest BCUT2D eigenvalue weighted by Gasteiger charge is -2.09. The zero-order valence-corrected chi connectivity index (χ0v) is 13.9. The average Bonchev–Trinajstić information content (AvgIpc) is 2.54. The van der Waals surface area contributed by atoms with Crippen molar-refractivity contribution in [3.8, 4) is 0 Å². The highest BCUT2D eigenvalue weighted by molar-refractivity contribution is 9.10. The number of anilines is 4. The van der Waals surface area contributed by atoms with Crippen molar-refractivity contribution in [2.75, 3.05) is 10.6 Å². The Labute approximate surface area is 141 Å². The molecule has 0 saturated carbocycles. The predicted octanol–water partition coefficient (Wildman–Crippen LogP) is 5.17. The molecule has 0 amide bonds. The fourth-order valence-corrected chi connectivity index (χ4v) is 2.27. The standard InChI is InChI=1S/C17H14BrFN4/c1-11-10-14(6-7-15(11)18)22-17-20-9-8-16(23-17)21-13-4-2-12(19)3-5-13/h2-10H,1H3,(H2,20,21,22,23). The Kier molecular flexibility index (Phi) is 4.52. The van der Waals surface area contributed by atoms with Gasteiger partial charge in [0.25, 0.3) is 0 Å². The second-order valence-corrected chi connectivity index (χ2v) is 5.84. The number of hydrogen-bond donors (Lipinski definition) is 2. The monoisotopic (exact) mass is 372 g/mol. The van der Waals surface area contributed by atoms with Crippen LogP contribution < -0.4 is 10.6 Å². The summed E-state index contributed by atoms with van der Waals surface area (Å²) in [4.78, 5) is 8.61. The fourth-order valence-electron chi connectivity index (χ4n) is 2.02. The van der Waals surface area contributed by atoms with Crippen molar-refractivity contribution in [1.29, 1.82) is 0 Å². The van der Waals surface area contributed by atoms with Crippen molar-refractivity contribution in [2.24, 2.45) is 0 Å². The van der Waals surface area contributed by atoms with Crippen LogP contribution in [0.3, 0.4) is 0 Å². The Morgan fingerprint density at radius 1 is 0.957 bits per heavy atom. The quantitative estimate of drug-likeness (QED) is 0.662. The molecule has 0 aliphatic carbocycles. The van der Waals surface area contributed by atoms with Crippen LogP contribution in [0.5, 0.6) is 0 Å². The summed E-state index contributed by atoms with van der Waals surface area (Å²) in [6.07, 6.45) is 1.66. The second-order valence-electron chi connectivity index (χ2n) is 4.99. The number of nitrogens with one attached hydrogen (secondary N) is 2. The smallest absolute Gasteiger partial charge is 0.229 e. The number of aryl methyl sites for hydroxylation is 1. The third kappa shape index (κ3) is 4.04. The van der Waals surface area contributed by atoms with Crippen LogP contribution in [0.2, 0.25) is 0 Å². The van der Waals surface area contributed by atoms with Gasteiger partial charge in [-0.1, -0.05) is 15.9 Å². The molecule has 0 fully saturated rings. The van der Waals surface area contributed by atoms with Gasteiger partial charge in [0.15, 0.2) is 0 Å². The normalized spacial score (nSPS) is 10.4. The van der Waals surface area contributed by atoms with E-state index in [-0.39, 0.29) is 5.82 Å². The number of halogens is 2. The Hall–Kier alpha value is -2.47. The molecule has 2 aromatic carbocycles. The maximum atomic E-state index is 12.9. The van der Waals surface area contributed by atoms with Gasteiger partial charge >= 0.3 is 0 Å². The van der Waals surface area contributed by atoms with Crippen LogP contribution in [0.4, 0.5) is 27.5 Å². The molecule has 3 aromatic rings. The number of hydrogen-bond acceptors (Lipinski definition) is 4. The molecule has 0 atom stereocenters. The molecule has 1 heterocycles. The molecule has 3 rings (SSSR count). The molecular formula is C17H14BrFN4. The molecule has 0 spiro atoms. The maximum Gasteiger partial charge on any atom is 0.229 e. The molecule has 6 heteroatoms. The molecule has 1 aromatic heterocycles. The summed E-state index contributed by atoms with van der Waals surface area (Å²) in [5.41, 5.74) is 2.79. The minimum absolute atomic E-state index is 0.272. The fraction of sp³-hybridized carbons (Fsp3) is 0.0588. The van der Waals surface area contributed by atoms with Crippen molar-refractivity contribution in [3.05, 3.63) is 70.6 Å². The van der Waals surface area contributed by atoms with Gasteiger partial charge < -0.3 is 10.6 Å². The molecule has 0 saturated heterocycles. The second kappa shape index (κ2) is 6.75. The Morgan fingerprint density at radius 2 is 1.70 bits per heavy atom. The van der Waals surface area contributed by atoms with Gasteiger partial charge in [-0.3, -0.25) is 0 Å². The van der Waals surface area contributed by atoms with Crippen LogP contribution in [0.15, 0.2) is 59.2 Å². The van der Waals surface area contributed by atoms with Crippen molar-refractivity contribution in [1.82, 2.24) is 9.97 Å². The van der Waals surface area contributed by atoms with Crippen molar-refractivity contribution in [3.63, 3.8) is 0 Å². The van der Waals surface area contributed by atoms with E-state index >= 15 is 0 Å². The van der Waals surface area contributed by atoms with Crippen LogP contribution in [0.1, 0.15) is 5.56 Å². The number of rotatable bonds is 4. The maximum absolute atomic E-state index is 12.9. The van der Waals surface area contributed by atoms with Gasteiger partial charge in [-0.2, -0.15) is 4.98 Å². The summed E-state index contributed by atoms with van der Waals surface area (Å²) < 4.78 is 14.0. The molecule has 2 N–H and O–H groups in total. The third-order valence-corrected chi connectivity index (χ3v) is 4.08. The van der Waals surface area contributed by atoms with Gasteiger partial charge in [-0.05, 0) is 61.0 Å². The minimum Gasteiger partial charge on any atom is -0.340 e. The minimum atomic E-state index is -0.272. The highest BCUT2D eigenvalue weighted by Crippen LogP contribution is 2.22. The number of aromatic nitrogens is 2. The molecule has 0 bridgehead atoms. The first-order valence-corrected chi connectivity index (χ1v) is 7.78. The molecule has 0 aliphatic rings. The van der Waals surface area contributed by atoms with Gasteiger partial charge in [0.1, 0.15) is 11.6 Å². The number of nitrogens with zero attached hydrogens (tertiary/aromatic N) is 2. The number of benzene rings is 2. The van der Waals surface area contributed by atoms with E-state index in [0.29, 0.717) is 11.8 Å². The lowest BCUT2D eigenvalue weighted by Crippen LogP contribution is -2.00. The van der Waals surface area contributed by atoms with Gasteiger partial charge in [-0.25, -0.2) is 9.37 Å². The van der Waals surface area contributed by atoms with Gasteiger partial charge in [0.05, 0.1) is 0 Å². The van der Waals surface area contributed by atoms with E-state index in [0.717, 1.165) is 21.4 Å².